The van der Waals surface area contributed by atoms with Crippen LogP contribution in [0.5, 0.6) is 0 Å². The molecule has 0 amide bonds. The number of unbranched alkanes of at least 4 members (excludes halogenated alkanes) is 1. The fourth-order valence-electron chi connectivity index (χ4n) is 1.84. The predicted octanol–water partition coefficient (Wildman–Crippen LogP) is 3.02. The van der Waals surface area contributed by atoms with Gasteiger partial charge < -0.3 is 10.2 Å². The molecule has 0 atom stereocenters. The number of hydrogen-bond donors (Lipinski definition) is 1. The first kappa shape index (κ1) is 10.2. The Morgan fingerprint density at radius 3 is 2.87 bits per heavy atom. The highest BCUT2D eigenvalue weighted by atomic mass is 16.3. The van der Waals surface area contributed by atoms with E-state index in [-0.39, 0.29) is 0 Å². The van der Waals surface area contributed by atoms with E-state index in [1.54, 1.807) is 0 Å². The third-order valence-corrected chi connectivity index (χ3v) is 2.63. The van der Waals surface area contributed by atoms with Crippen molar-refractivity contribution in [1.82, 2.24) is 0 Å². The minimum atomic E-state index is 0.780. The lowest BCUT2D eigenvalue weighted by atomic mass is 10.1. The smallest absolute Gasteiger partial charge is 0.134 e. The van der Waals surface area contributed by atoms with E-state index in [1.807, 2.05) is 6.92 Å². The van der Waals surface area contributed by atoms with Crippen LogP contribution in [0.25, 0.3) is 11.0 Å². The Morgan fingerprint density at radius 1 is 1.20 bits per heavy atom. The van der Waals surface area contributed by atoms with Gasteiger partial charge in [-0.3, -0.25) is 0 Å². The Hall–Kier alpha value is -1.28. The molecule has 1 aromatic carbocycles. The van der Waals surface area contributed by atoms with Gasteiger partial charge in [0.05, 0.1) is 0 Å². The standard InChI is InChI=1S/C13H17NO/c1-10-8-12-6-5-11(4-2-3-7-14)9-13(12)15-10/h5-6,8-9H,2-4,7,14H2,1H3. The number of aryl methyl sites for hydroxylation is 2. The van der Waals surface area contributed by atoms with Crippen molar-refractivity contribution in [2.24, 2.45) is 5.73 Å². The fraction of sp³-hybridized carbons (Fsp3) is 0.385. The minimum Gasteiger partial charge on any atom is -0.461 e. The lowest BCUT2D eigenvalue weighted by Crippen LogP contribution is -1.98. The topological polar surface area (TPSA) is 39.2 Å². The van der Waals surface area contributed by atoms with Crippen LogP contribution < -0.4 is 5.73 Å². The van der Waals surface area contributed by atoms with E-state index >= 15 is 0 Å². The highest BCUT2D eigenvalue weighted by Crippen LogP contribution is 2.20. The zero-order chi connectivity index (χ0) is 10.7. The molecule has 2 nitrogen and oxygen atoms in total. The molecule has 2 N–H and O–H groups in total. The van der Waals surface area contributed by atoms with E-state index < -0.39 is 0 Å². The van der Waals surface area contributed by atoms with Crippen LogP contribution in [0.4, 0.5) is 0 Å². The average Bonchev–Trinajstić information content (AvgIpc) is 2.57. The van der Waals surface area contributed by atoms with Gasteiger partial charge in [0.2, 0.25) is 0 Å². The Bertz CT molecular complexity index is 445. The molecule has 2 heteroatoms. The van der Waals surface area contributed by atoms with Gasteiger partial charge in [0, 0.05) is 5.39 Å². The van der Waals surface area contributed by atoms with E-state index in [4.69, 9.17) is 10.2 Å². The maximum absolute atomic E-state index is 5.59. The first-order chi connectivity index (χ1) is 7.29. The number of nitrogens with two attached hydrogens (primary N) is 1. The van der Waals surface area contributed by atoms with Gasteiger partial charge in [-0.05, 0) is 50.4 Å². The quantitative estimate of drug-likeness (QED) is 0.776. The van der Waals surface area contributed by atoms with E-state index in [0.29, 0.717) is 0 Å². The number of fused-ring (bicyclic) bond motifs is 1. The summed E-state index contributed by atoms with van der Waals surface area (Å²) in [6.45, 7) is 2.76. The van der Waals surface area contributed by atoms with Gasteiger partial charge in [0.15, 0.2) is 0 Å². The van der Waals surface area contributed by atoms with E-state index in [0.717, 1.165) is 37.2 Å². The molecular weight excluding hydrogens is 186 g/mol. The molecule has 2 rings (SSSR count). The summed E-state index contributed by atoms with van der Waals surface area (Å²) in [6, 6.07) is 8.51. The van der Waals surface area contributed by atoms with Gasteiger partial charge in [-0.15, -0.1) is 0 Å². The van der Waals surface area contributed by atoms with Crippen LogP contribution in [0.1, 0.15) is 24.2 Å². The summed E-state index contributed by atoms with van der Waals surface area (Å²) in [5.41, 5.74) is 7.80. The lowest BCUT2D eigenvalue weighted by molar-refractivity contribution is 0.578. The van der Waals surface area contributed by atoms with Crippen molar-refractivity contribution >= 4 is 11.0 Å². The average molecular weight is 203 g/mol. The lowest BCUT2D eigenvalue weighted by Gasteiger charge is -1.99. The van der Waals surface area contributed by atoms with E-state index in [9.17, 15) is 0 Å². The maximum Gasteiger partial charge on any atom is 0.134 e. The number of rotatable bonds is 4. The van der Waals surface area contributed by atoms with Crippen molar-refractivity contribution in [3.63, 3.8) is 0 Å². The van der Waals surface area contributed by atoms with Crippen LogP contribution in [-0.4, -0.2) is 6.54 Å². The summed E-state index contributed by atoms with van der Waals surface area (Å²) in [4.78, 5) is 0. The monoisotopic (exact) mass is 203 g/mol. The summed E-state index contributed by atoms with van der Waals surface area (Å²) in [5, 5.41) is 1.19. The molecule has 2 aromatic rings. The first-order valence-corrected chi connectivity index (χ1v) is 5.49. The summed E-state index contributed by atoms with van der Waals surface area (Å²) < 4.78 is 5.59. The molecule has 0 radical (unpaired) electrons. The molecule has 0 unspecified atom stereocenters. The van der Waals surface area contributed by atoms with Crippen LogP contribution in [-0.2, 0) is 6.42 Å². The second-order valence-corrected chi connectivity index (χ2v) is 3.98. The van der Waals surface area contributed by atoms with Crippen LogP contribution >= 0.6 is 0 Å². The largest absolute Gasteiger partial charge is 0.461 e. The second-order valence-electron chi connectivity index (χ2n) is 3.98. The van der Waals surface area contributed by atoms with Crippen LogP contribution in [0.2, 0.25) is 0 Å². The van der Waals surface area contributed by atoms with Crippen molar-refractivity contribution in [1.29, 1.82) is 0 Å². The number of hydrogen-bond acceptors (Lipinski definition) is 2. The molecule has 1 aromatic heterocycles. The molecule has 1 heterocycles. The molecular formula is C13H17NO. The fourth-order valence-corrected chi connectivity index (χ4v) is 1.84. The Labute approximate surface area is 90.1 Å². The molecule has 0 saturated carbocycles. The van der Waals surface area contributed by atoms with Crippen molar-refractivity contribution in [3.05, 3.63) is 35.6 Å². The molecule has 0 fully saturated rings. The SMILES string of the molecule is Cc1cc2ccc(CCCCN)cc2o1. The Balaban J connectivity index is 2.15. The van der Waals surface area contributed by atoms with Crippen LogP contribution in [0.15, 0.2) is 28.7 Å². The molecule has 0 aliphatic carbocycles. The molecule has 0 bridgehead atoms. The van der Waals surface area contributed by atoms with E-state index in [2.05, 4.69) is 24.3 Å². The molecule has 0 saturated heterocycles. The van der Waals surface area contributed by atoms with Crippen LogP contribution in [0.3, 0.4) is 0 Å². The first-order valence-electron chi connectivity index (χ1n) is 5.49. The highest BCUT2D eigenvalue weighted by Gasteiger charge is 2.01. The van der Waals surface area contributed by atoms with Gasteiger partial charge in [-0.1, -0.05) is 12.1 Å². The molecule has 80 valence electrons. The number of benzene rings is 1. The summed E-state index contributed by atoms with van der Waals surface area (Å²) in [7, 11) is 0. The Morgan fingerprint density at radius 2 is 2.07 bits per heavy atom. The molecule has 0 aliphatic heterocycles. The molecule has 15 heavy (non-hydrogen) atoms. The summed E-state index contributed by atoms with van der Waals surface area (Å²) in [6.07, 6.45) is 3.34. The third kappa shape index (κ3) is 2.39. The van der Waals surface area contributed by atoms with Crippen molar-refractivity contribution in [3.8, 4) is 0 Å². The van der Waals surface area contributed by atoms with Gasteiger partial charge in [-0.25, -0.2) is 0 Å². The van der Waals surface area contributed by atoms with Gasteiger partial charge in [-0.2, -0.15) is 0 Å². The zero-order valence-electron chi connectivity index (χ0n) is 9.12. The Kier molecular flexibility index (Phi) is 3.07. The van der Waals surface area contributed by atoms with E-state index in [1.165, 1.54) is 10.9 Å². The van der Waals surface area contributed by atoms with Crippen molar-refractivity contribution in [2.75, 3.05) is 6.54 Å². The highest BCUT2D eigenvalue weighted by molar-refractivity contribution is 5.78. The molecule has 0 aliphatic rings. The zero-order valence-corrected chi connectivity index (χ0v) is 9.12. The predicted molar refractivity (Wildman–Crippen MR) is 62.9 cm³/mol. The van der Waals surface area contributed by atoms with Gasteiger partial charge >= 0.3 is 0 Å². The van der Waals surface area contributed by atoms with Crippen LogP contribution in [0, 0.1) is 6.92 Å². The normalized spacial score (nSPS) is 11.1. The van der Waals surface area contributed by atoms with Crippen molar-refractivity contribution in [2.45, 2.75) is 26.2 Å². The summed E-state index contributed by atoms with van der Waals surface area (Å²) in [5.74, 6) is 0.976. The van der Waals surface area contributed by atoms with Gasteiger partial charge in [0.25, 0.3) is 0 Å². The van der Waals surface area contributed by atoms with Crippen molar-refractivity contribution < 1.29 is 4.42 Å². The third-order valence-electron chi connectivity index (χ3n) is 2.63. The minimum absolute atomic E-state index is 0.780. The number of furan rings is 1. The van der Waals surface area contributed by atoms with Gasteiger partial charge in [0.1, 0.15) is 11.3 Å². The molecule has 0 spiro atoms. The summed E-state index contributed by atoms with van der Waals surface area (Å²) >= 11 is 0. The second kappa shape index (κ2) is 4.49. The maximum atomic E-state index is 5.59.